The van der Waals surface area contributed by atoms with Gasteiger partial charge < -0.3 is 0 Å². The van der Waals surface area contributed by atoms with Crippen molar-refractivity contribution in [1.29, 1.82) is 0 Å². The highest BCUT2D eigenvalue weighted by Crippen LogP contribution is 2.26. The third kappa shape index (κ3) is 3.79. The molecule has 4 aromatic carbocycles. The molecule has 0 fully saturated rings. The molecule has 124 valence electrons. The normalized spacial score (nSPS) is 10.9. The SMILES string of the molecule is C(=Nc1ccc(-c2ccc(-c3ccccc3)cc2)cc1)c1ccccc1. The summed E-state index contributed by atoms with van der Waals surface area (Å²) in [6.07, 6.45) is 1.89. The number of nitrogens with zero attached hydrogens (tertiary/aromatic N) is 1. The van der Waals surface area contributed by atoms with Crippen LogP contribution in [0.2, 0.25) is 0 Å². The molecule has 0 spiro atoms. The van der Waals surface area contributed by atoms with Gasteiger partial charge in [0, 0.05) is 6.21 Å². The Hall–Kier alpha value is -3.45. The summed E-state index contributed by atoms with van der Waals surface area (Å²) < 4.78 is 0. The van der Waals surface area contributed by atoms with Crippen molar-refractivity contribution in [1.82, 2.24) is 0 Å². The average molecular weight is 333 g/mol. The topological polar surface area (TPSA) is 12.4 Å². The number of aliphatic imine (C=N–C) groups is 1. The first-order valence-electron chi connectivity index (χ1n) is 8.73. The van der Waals surface area contributed by atoms with Gasteiger partial charge in [-0.15, -0.1) is 0 Å². The van der Waals surface area contributed by atoms with Crippen LogP contribution < -0.4 is 0 Å². The molecular formula is C25H19N. The highest BCUT2D eigenvalue weighted by atomic mass is 14.7. The maximum Gasteiger partial charge on any atom is 0.0630 e. The van der Waals surface area contributed by atoms with Crippen LogP contribution in [-0.4, -0.2) is 6.21 Å². The first-order chi connectivity index (χ1) is 12.9. The molecule has 0 bridgehead atoms. The molecule has 0 N–H and O–H groups in total. The molecule has 26 heavy (non-hydrogen) atoms. The monoisotopic (exact) mass is 333 g/mol. The number of rotatable bonds is 4. The van der Waals surface area contributed by atoms with E-state index in [4.69, 9.17) is 0 Å². The first-order valence-corrected chi connectivity index (χ1v) is 8.73. The Balaban J connectivity index is 1.51. The van der Waals surface area contributed by atoms with E-state index in [0.29, 0.717) is 0 Å². The maximum atomic E-state index is 4.54. The second kappa shape index (κ2) is 7.62. The predicted octanol–water partition coefficient (Wildman–Crippen LogP) is 6.77. The van der Waals surface area contributed by atoms with Crippen molar-refractivity contribution in [3.05, 3.63) is 115 Å². The zero-order valence-corrected chi connectivity index (χ0v) is 14.4. The van der Waals surface area contributed by atoms with E-state index in [9.17, 15) is 0 Å². The molecule has 1 heteroatoms. The van der Waals surface area contributed by atoms with E-state index in [-0.39, 0.29) is 0 Å². The molecule has 0 saturated heterocycles. The van der Waals surface area contributed by atoms with Crippen LogP contribution in [0.3, 0.4) is 0 Å². The lowest BCUT2D eigenvalue weighted by molar-refractivity contribution is 1.51. The summed E-state index contributed by atoms with van der Waals surface area (Å²) in [6, 6.07) is 37.6. The van der Waals surface area contributed by atoms with E-state index in [1.54, 1.807) is 0 Å². The van der Waals surface area contributed by atoms with Crippen molar-refractivity contribution in [2.75, 3.05) is 0 Å². The smallest absolute Gasteiger partial charge is 0.0630 e. The van der Waals surface area contributed by atoms with Crippen molar-refractivity contribution < 1.29 is 0 Å². The zero-order valence-electron chi connectivity index (χ0n) is 14.4. The summed E-state index contributed by atoms with van der Waals surface area (Å²) in [6.45, 7) is 0. The Morgan fingerprint density at radius 3 is 1.38 bits per heavy atom. The largest absolute Gasteiger partial charge is 0.256 e. The van der Waals surface area contributed by atoms with Gasteiger partial charge in [-0.2, -0.15) is 0 Å². The Labute approximate surface area is 154 Å². The Kier molecular flexibility index (Phi) is 4.70. The van der Waals surface area contributed by atoms with Crippen molar-refractivity contribution in [3.8, 4) is 22.3 Å². The minimum atomic E-state index is 0.957. The van der Waals surface area contributed by atoms with Crippen LogP contribution >= 0.6 is 0 Å². The van der Waals surface area contributed by atoms with Crippen LogP contribution in [0.4, 0.5) is 5.69 Å². The second-order valence-corrected chi connectivity index (χ2v) is 6.16. The van der Waals surface area contributed by atoms with E-state index in [1.807, 2.05) is 42.6 Å². The minimum Gasteiger partial charge on any atom is -0.256 e. The van der Waals surface area contributed by atoms with Crippen molar-refractivity contribution in [2.45, 2.75) is 0 Å². The van der Waals surface area contributed by atoms with Crippen LogP contribution in [0.5, 0.6) is 0 Å². The summed E-state index contributed by atoms with van der Waals surface area (Å²) in [5.74, 6) is 0. The molecule has 0 atom stereocenters. The average Bonchev–Trinajstić information content (AvgIpc) is 2.74. The molecule has 0 unspecified atom stereocenters. The molecule has 4 rings (SSSR count). The number of hydrogen-bond donors (Lipinski definition) is 0. The van der Waals surface area contributed by atoms with Crippen LogP contribution in [0.25, 0.3) is 22.3 Å². The van der Waals surface area contributed by atoms with Gasteiger partial charge in [0.25, 0.3) is 0 Å². The van der Waals surface area contributed by atoms with E-state index in [0.717, 1.165) is 11.3 Å². The van der Waals surface area contributed by atoms with Gasteiger partial charge in [0.1, 0.15) is 0 Å². The molecule has 0 saturated carbocycles. The molecule has 0 aromatic heterocycles. The first kappa shape index (κ1) is 16.0. The number of benzene rings is 4. The molecule has 0 amide bonds. The highest BCUT2D eigenvalue weighted by molar-refractivity contribution is 5.82. The van der Waals surface area contributed by atoms with E-state index in [1.165, 1.54) is 22.3 Å². The van der Waals surface area contributed by atoms with Crippen molar-refractivity contribution >= 4 is 11.9 Å². The quantitative estimate of drug-likeness (QED) is 0.365. The zero-order chi connectivity index (χ0) is 17.6. The highest BCUT2D eigenvalue weighted by Gasteiger charge is 2.00. The molecule has 0 aliphatic carbocycles. The van der Waals surface area contributed by atoms with E-state index >= 15 is 0 Å². The van der Waals surface area contributed by atoms with Gasteiger partial charge in [-0.1, -0.05) is 97.1 Å². The molecular weight excluding hydrogens is 314 g/mol. The molecule has 0 aliphatic rings. The van der Waals surface area contributed by atoms with Gasteiger partial charge in [0.05, 0.1) is 5.69 Å². The Morgan fingerprint density at radius 1 is 0.423 bits per heavy atom. The molecule has 0 radical (unpaired) electrons. The molecule has 0 heterocycles. The fourth-order valence-electron chi connectivity index (χ4n) is 2.91. The Bertz CT molecular complexity index is 983. The van der Waals surface area contributed by atoms with E-state index < -0.39 is 0 Å². The van der Waals surface area contributed by atoms with Crippen LogP contribution in [-0.2, 0) is 0 Å². The fourth-order valence-corrected chi connectivity index (χ4v) is 2.91. The van der Waals surface area contributed by atoms with Gasteiger partial charge in [0.15, 0.2) is 0 Å². The van der Waals surface area contributed by atoms with Crippen LogP contribution in [0, 0.1) is 0 Å². The third-order valence-corrected chi connectivity index (χ3v) is 4.35. The minimum absolute atomic E-state index is 0.957. The third-order valence-electron chi connectivity index (χ3n) is 4.35. The van der Waals surface area contributed by atoms with Crippen LogP contribution in [0.15, 0.2) is 114 Å². The fraction of sp³-hybridized carbons (Fsp3) is 0. The van der Waals surface area contributed by atoms with Gasteiger partial charge in [0.2, 0.25) is 0 Å². The molecule has 1 nitrogen and oxygen atoms in total. The standard InChI is InChI=1S/C25H19N/c1-3-7-20(8-4-1)19-26-25-17-15-24(16-18-25)23-13-11-22(12-14-23)21-9-5-2-6-10-21/h1-19H. The van der Waals surface area contributed by atoms with Gasteiger partial charge >= 0.3 is 0 Å². The second-order valence-electron chi connectivity index (χ2n) is 6.16. The van der Waals surface area contributed by atoms with Crippen molar-refractivity contribution in [3.63, 3.8) is 0 Å². The van der Waals surface area contributed by atoms with Gasteiger partial charge in [-0.3, -0.25) is 4.99 Å². The van der Waals surface area contributed by atoms with Gasteiger partial charge in [-0.05, 0) is 39.9 Å². The lowest BCUT2D eigenvalue weighted by atomic mass is 10.0. The lowest BCUT2D eigenvalue weighted by Crippen LogP contribution is -1.81. The van der Waals surface area contributed by atoms with Gasteiger partial charge in [-0.25, -0.2) is 0 Å². The molecule has 4 aromatic rings. The summed E-state index contributed by atoms with van der Waals surface area (Å²) in [7, 11) is 0. The summed E-state index contributed by atoms with van der Waals surface area (Å²) >= 11 is 0. The van der Waals surface area contributed by atoms with Crippen molar-refractivity contribution in [2.24, 2.45) is 4.99 Å². The Morgan fingerprint density at radius 2 is 0.846 bits per heavy atom. The summed E-state index contributed by atoms with van der Waals surface area (Å²) in [4.78, 5) is 4.54. The summed E-state index contributed by atoms with van der Waals surface area (Å²) in [5, 5.41) is 0. The lowest BCUT2D eigenvalue weighted by Gasteiger charge is -2.05. The summed E-state index contributed by atoms with van der Waals surface area (Å²) in [5.41, 5.74) is 6.95. The van der Waals surface area contributed by atoms with Crippen LogP contribution in [0.1, 0.15) is 5.56 Å². The van der Waals surface area contributed by atoms with E-state index in [2.05, 4.69) is 77.8 Å². The predicted molar refractivity (Wildman–Crippen MR) is 111 cm³/mol. The molecule has 0 aliphatic heterocycles. The maximum absolute atomic E-state index is 4.54. The number of hydrogen-bond acceptors (Lipinski definition) is 1.